The minimum absolute atomic E-state index is 0.0412. The molecule has 1 atom stereocenters. The molecule has 0 spiro atoms. The number of hydrogen-bond donors (Lipinski definition) is 2. The van der Waals surface area contributed by atoms with E-state index in [1.54, 1.807) is 18.2 Å². The van der Waals surface area contributed by atoms with Gasteiger partial charge >= 0.3 is 0 Å². The fourth-order valence-electron chi connectivity index (χ4n) is 1.71. The number of nitrogens with zero attached hydrogens (tertiary/aromatic N) is 1. The third-order valence-electron chi connectivity index (χ3n) is 2.91. The summed E-state index contributed by atoms with van der Waals surface area (Å²) in [6.45, 7) is 3.52. The summed E-state index contributed by atoms with van der Waals surface area (Å²) >= 11 is 12.2. The Hall–Kier alpha value is -0.320. The zero-order valence-corrected chi connectivity index (χ0v) is 12.5. The molecule has 0 heterocycles. The summed E-state index contributed by atoms with van der Waals surface area (Å²) in [6.07, 6.45) is 0. The van der Waals surface area contributed by atoms with E-state index in [1.165, 1.54) is 0 Å². The number of likely N-dealkylation sites (N-methyl/N-ethyl adjacent to an activating group) is 1. The van der Waals surface area contributed by atoms with Gasteiger partial charge in [-0.25, -0.2) is 0 Å². The summed E-state index contributed by atoms with van der Waals surface area (Å²) in [7, 11) is 4.01. The van der Waals surface area contributed by atoms with Gasteiger partial charge in [0.05, 0.1) is 12.1 Å². The predicted molar refractivity (Wildman–Crippen MR) is 77.5 cm³/mol. The molecular formula is C13H20Cl2N2O. The lowest BCUT2D eigenvalue weighted by Gasteiger charge is -2.31. The second-order valence-electron chi connectivity index (χ2n) is 4.84. The molecule has 1 aromatic rings. The minimum atomic E-state index is -0.585. The summed E-state index contributed by atoms with van der Waals surface area (Å²) in [6, 6.07) is 5.29. The van der Waals surface area contributed by atoms with Crippen molar-refractivity contribution in [2.45, 2.75) is 12.5 Å². The van der Waals surface area contributed by atoms with Gasteiger partial charge in [-0.15, -0.1) is 0 Å². The number of nitrogens with one attached hydrogen (secondary N) is 1. The predicted octanol–water partition coefficient (Wildman–Crippen LogP) is 2.35. The molecular weight excluding hydrogens is 271 g/mol. The van der Waals surface area contributed by atoms with Gasteiger partial charge in [0, 0.05) is 23.1 Å². The molecule has 0 aliphatic carbocycles. The third kappa shape index (κ3) is 4.11. The van der Waals surface area contributed by atoms with Gasteiger partial charge in [-0.3, -0.25) is 0 Å². The van der Waals surface area contributed by atoms with Crippen LogP contribution in [0, 0.1) is 0 Å². The quantitative estimate of drug-likeness (QED) is 0.844. The summed E-state index contributed by atoms with van der Waals surface area (Å²) in [5.74, 6) is 0. The van der Waals surface area contributed by atoms with Crippen molar-refractivity contribution in [1.29, 1.82) is 0 Å². The molecule has 0 aliphatic rings. The highest BCUT2D eigenvalue weighted by Crippen LogP contribution is 2.30. The molecule has 1 aromatic carbocycles. The second kappa shape index (κ2) is 6.73. The zero-order valence-electron chi connectivity index (χ0n) is 11.0. The molecule has 1 unspecified atom stereocenters. The van der Waals surface area contributed by atoms with E-state index in [4.69, 9.17) is 23.2 Å². The molecule has 3 nitrogen and oxygen atoms in total. The molecule has 0 radical (unpaired) electrons. The van der Waals surface area contributed by atoms with Crippen molar-refractivity contribution in [2.75, 3.05) is 33.8 Å². The Balaban J connectivity index is 2.88. The molecule has 18 heavy (non-hydrogen) atoms. The van der Waals surface area contributed by atoms with Crippen LogP contribution >= 0.6 is 23.2 Å². The van der Waals surface area contributed by atoms with Gasteiger partial charge < -0.3 is 15.3 Å². The monoisotopic (exact) mass is 290 g/mol. The van der Waals surface area contributed by atoms with Gasteiger partial charge in [0.25, 0.3) is 0 Å². The topological polar surface area (TPSA) is 35.5 Å². The standard InChI is InChI=1S/C13H20Cl2N2O/c1-13(9-18,16-6-7-17(2)3)11-8-10(14)4-5-12(11)15/h4-5,8,16,18H,6-7,9H2,1-3H3. The number of hydrogen-bond acceptors (Lipinski definition) is 3. The molecule has 1 rings (SSSR count). The molecule has 0 bridgehead atoms. The van der Waals surface area contributed by atoms with Crippen molar-refractivity contribution < 1.29 is 5.11 Å². The highest BCUT2D eigenvalue weighted by molar-refractivity contribution is 6.33. The first-order valence-corrected chi connectivity index (χ1v) is 6.61. The maximum Gasteiger partial charge on any atom is 0.0656 e. The highest BCUT2D eigenvalue weighted by Gasteiger charge is 2.27. The number of aliphatic hydroxyl groups excluding tert-OH is 1. The smallest absolute Gasteiger partial charge is 0.0656 e. The van der Waals surface area contributed by atoms with Crippen LogP contribution in [-0.4, -0.2) is 43.8 Å². The lowest BCUT2D eigenvalue weighted by atomic mass is 9.92. The van der Waals surface area contributed by atoms with Crippen LogP contribution in [0.2, 0.25) is 10.0 Å². The minimum Gasteiger partial charge on any atom is -0.394 e. The fourth-order valence-corrected chi connectivity index (χ4v) is 2.21. The van der Waals surface area contributed by atoms with Crippen molar-refractivity contribution in [1.82, 2.24) is 10.2 Å². The van der Waals surface area contributed by atoms with Crippen molar-refractivity contribution >= 4 is 23.2 Å². The fraction of sp³-hybridized carbons (Fsp3) is 0.538. The lowest BCUT2D eigenvalue weighted by molar-refractivity contribution is 0.172. The largest absolute Gasteiger partial charge is 0.394 e. The van der Waals surface area contributed by atoms with Crippen LogP contribution in [0.5, 0.6) is 0 Å². The number of aliphatic hydroxyl groups is 1. The number of halogens is 2. The van der Waals surface area contributed by atoms with E-state index in [2.05, 4.69) is 10.2 Å². The van der Waals surface area contributed by atoms with Crippen LogP contribution in [0.3, 0.4) is 0 Å². The second-order valence-corrected chi connectivity index (χ2v) is 5.69. The normalized spacial score (nSPS) is 14.8. The van der Waals surface area contributed by atoms with Gasteiger partial charge in [-0.1, -0.05) is 23.2 Å². The maximum atomic E-state index is 9.64. The Morgan fingerprint density at radius 1 is 1.33 bits per heavy atom. The summed E-state index contributed by atoms with van der Waals surface area (Å²) in [5.41, 5.74) is 0.232. The van der Waals surface area contributed by atoms with Gasteiger partial charge in [0.15, 0.2) is 0 Å². The average Bonchev–Trinajstić information content (AvgIpc) is 2.31. The van der Waals surface area contributed by atoms with E-state index in [9.17, 15) is 5.11 Å². The van der Waals surface area contributed by atoms with Gasteiger partial charge in [-0.05, 0) is 44.8 Å². The molecule has 5 heteroatoms. The molecule has 0 saturated carbocycles. The van der Waals surface area contributed by atoms with E-state index in [1.807, 2.05) is 21.0 Å². The van der Waals surface area contributed by atoms with E-state index >= 15 is 0 Å². The number of rotatable bonds is 6. The zero-order chi connectivity index (χ0) is 13.8. The van der Waals surface area contributed by atoms with Crippen LogP contribution in [-0.2, 0) is 5.54 Å². The molecule has 0 fully saturated rings. The van der Waals surface area contributed by atoms with Gasteiger partial charge in [0.1, 0.15) is 0 Å². The molecule has 0 saturated heterocycles. The van der Waals surface area contributed by atoms with Gasteiger partial charge in [-0.2, -0.15) is 0 Å². The SMILES string of the molecule is CN(C)CCNC(C)(CO)c1cc(Cl)ccc1Cl. The number of benzene rings is 1. The molecule has 0 aromatic heterocycles. The Morgan fingerprint density at radius 2 is 2.00 bits per heavy atom. The molecule has 0 amide bonds. The summed E-state index contributed by atoms with van der Waals surface area (Å²) in [4.78, 5) is 2.07. The van der Waals surface area contributed by atoms with Crippen LogP contribution < -0.4 is 5.32 Å². The lowest BCUT2D eigenvalue weighted by Crippen LogP contribution is -2.45. The van der Waals surface area contributed by atoms with Crippen LogP contribution in [0.1, 0.15) is 12.5 Å². The molecule has 102 valence electrons. The third-order valence-corrected chi connectivity index (χ3v) is 3.48. The Bertz CT molecular complexity index is 399. The average molecular weight is 291 g/mol. The van der Waals surface area contributed by atoms with Crippen molar-refractivity contribution in [2.24, 2.45) is 0 Å². The van der Waals surface area contributed by atoms with E-state index in [0.717, 1.165) is 18.7 Å². The Labute approximate surface area is 119 Å². The van der Waals surface area contributed by atoms with E-state index in [-0.39, 0.29) is 6.61 Å². The Kier molecular flexibility index (Phi) is 5.89. The summed E-state index contributed by atoms with van der Waals surface area (Å²) in [5, 5.41) is 14.2. The highest BCUT2D eigenvalue weighted by atomic mass is 35.5. The molecule has 2 N–H and O–H groups in total. The first-order chi connectivity index (χ1) is 8.39. The van der Waals surface area contributed by atoms with Crippen molar-refractivity contribution in [3.8, 4) is 0 Å². The summed E-state index contributed by atoms with van der Waals surface area (Å²) < 4.78 is 0. The van der Waals surface area contributed by atoms with Crippen molar-refractivity contribution in [3.05, 3.63) is 33.8 Å². The van der Waals surface area contributed by atoms with Crippen LogP contribution in [0.25, 0.3) is 0 Å². The molecule has 0 aliphatic heterocycles. The first-order valence-electron chi connectivity index (χ1n) is 5.85. The van der Waals surface area contributed by atoms with Gasteiger partial charge in [0.2, 0.25) is 0 Å². The van der Waals surface area contributed by atoms with Crippen LogP contribution in [0.15, 0.2) is 18.2 Å². The van der Waals surface area contributed by atoms with E-state index < -0.39 is 5.54 Å². The Morgan fingerprint density at radius 3 is 2.56 bits per heavy atom. The van der Waals surface area contributed by atoms with Crippen molar-refractivity contribution in [3.63, 3.8) is 0 Å². The first kappa shape index (κ1) is 15.7. The van der Waals surface area contributed by atoms with Crippen LogP contribution in [0.4, 0.5) is 0 Å². The maximum absolute atomic E-state index is 9.64. The van der Waals surface area contributed by atoms with E-state index in [0.29, 0.717) is 10.0 Å².